The van der Waals surface area contributed by atoms with E-state index in [0.717, 1.165) is 18.4 Å². The van der Waals surface area contributed by atoms with E-state index in [1.165, 1.54) is 0 Å². The van der Waals surface area contributed by atoms with E-state index in [9.17, 15) is 81.7 Å². The minimum Gasteiger partial charge on any atom is -0.396 e. The first-order valence-electron chi connectivity index (χ1n) is 28.0. The lowest BCUT2D eigenvalue weighted by molar-refractivity contribution is -0.398. The molecule has 30 unspecified atom stereocenters. The van der Waals surface area contributed by atoms with Crippen LogP contribution in [0, 0.1) is 50.2 Å². The Hall–Kier alpha value is -1.22. The number of hydrogen-bond acceptors (Lipinski definition) is 24. The molecule has 450 valence electrons. The molecule has 0 spiro atoms. The van der Waals surface area contributed by atoms with E-state index in [1.54, 1.807) is 0 Å². The van der Waals surface area contributed by atoms with Crippen molar-refractivity contribution in [2.45, 2.75) is 241 Å². The molecule has 0 aromatic rings. The number of rotatable bonds is 13. The van der Waals surface area contributed by atoms with E-state index in [0.29, 0.717) is 38.5 Å². The lowest BCUT2D eigenvalue weighted by atomic mass is 9.33. The Morgan fingerprint density at radius 1 is 0.474 bits per heavy atom. The average Bonchev–Trinajstić information content (AvgIpc) is 2.00. The lowest BCUT2D eigenvalue weighted by Crippen LogP contribution is -2.70. The van der Waals surface area contributed by atoms with Crippen LogP contribution in [0.2, 0.25) is 0 Å². The highest BCUT2D eigenvalue weighted by atomic mass is 16.8. The van der Waals surface area contributed by atoms with Gasteiger partial charge in [0.05, 0.1) is 56.8 Å². The van der Waals surface area contributed by atoms with Gasteiger partial charge in [-0.15, -0.1) is 0 Å². The van der Waals surface area contributed by atoms with Gasteiger partial charge in [-0.2, -0.15) is 0 Å². The normalized spacial score (nSPS) is 54.9. The molecule has 4 saturated carbocycles. The summed E-state index contributed by atoms with van der Waals surface area (Å²) in [4.78, 5) is 0. The molecule has 16 N–H and O–H groups in total. The molecule has 0 bridgehead atoms. The number of ether oxygens (including phenoxy) is 8. The van der Waals surface area contributed by atoms with Crippen molar-refractivity contribution in [1.29, 1.82) is 0 Å². The van der Waals surface area contributed by atoms with Crippen molar-refractivity contribution in [2.24, 2.45) is 50.2 Å². The monoisotopic (exact) mass is 1120 g/mol. The van der Waals surface area contributed by atoms with Crippen LogP contribution in [-0.4, -0.2) is 256 Å². The fraction of sp³-hybridized carbons (Fsp3) is 0.963. The van der Waals surface area contributed by atoms with Gasteiger partial charge < -0.3 is 120 Å². The summed E-state index contributed by atoms with van der Waals surface area (Å²) in [6, 6.07) is 0. The fourth-order valence-corrected chi connectivity index (χ4v) is 16.9. The zero-order chi connectivity index (χ0) is 57.1. The average molecular weight is 1120 g/mol. The van der Waals surface area contributed by atoms with Crippen LogP contribution >= 0.6 is 0 Å². The maximum Gasteiger partial charge on any atom is 0.187 e. The molecule has 0 aromatic carbocycles. The summed E-state index contributed by atoms with van der Waals surface area (Å²) in [7, 11) is 0. The Morgan fingerprint density at radius 3 is 1.42 bits per heavy atom. The third-order valence-electron chi connectivity index (χ3n) is 21.6. The van der Waals surface area contributed by atoms with E-state index in [2.05, 4.69) is 54.5 Å². The molecule has 0 radical (unpaired) electrons. The molecule has 78 heavy (non-hydrogen) atoms. The first kappa shape index (κ1) is 61.3. The van der Waals surface area contributed by atoms with Crippen molar-refractivity contribution in [2.75, 3.05) is 33.0 Å². The molecule has 4 saturated heterocycles. The zero-order valence-corrected chi connectivity index (χ0v) is 45.7. The summed E-state index contributed by atoms with van der Waals surface area (Å²) in [6.45, 7) is 11.9. The maximum absolute atomic E-state index is 12.8. The van der Waals surface area contributed by atoms with Gasteiger partial charge in [-0.05, 0) is 96.2 Å². The second kappa shape index (κ2) is 22.3. The van der Waals surface area contributed by atoms with Crippen LogP contribution in [-0.2, 0) is 37.9 Å². The largest absolute Gasteiger partial charge is 0.396 e. The highest BCUT2D eigenvalue weighted by Crippen LogP contribution is 2.76. The van der Waals surface area contributed by atoms with Crippen molar-refractivity contribution in [3.8, 4) is 0 Å². The van der Waals surface area contributed by atoms with Gasteiger partial charge in [0.25, 0.3) is 0 Å². The van der Waals surface area contributed by atoms with Crippen LogP contribution in [0.25, 0.3) is 0 Å². The Morgan fingerprint density at radius 2 is 0.923 bits per heavy atom. The second-order valence-corrected chi connectivity index (χ2v) is 26.5. The van der Waals surface area contributed by atoms with Gasteiger partial charge in [0.2, 0.25) is 0 Å². The third kappa shape index (κ3) is 9.71. The molecule has 4 aliphatic heterocycles. The van der Waals surface area contributed by atoms with Crippen molar-refractivity contribution in [3.05, 3.63) is 11.6 Å². The molecule has 0 aromatic heterocycles. The van der Waals surface area contributed by atoms with Crippen molar-refractivity contribution in [1.82, 2.24) is 0 Å². The minimum absolute atomic E-state index is 0.0161. The van der Waals surface area contributed by atoms with Crippen LogP contribution in [0.15, 0.2) is 11.6 Å². The van der Waals surface area contributed by atoms with Crippen molar-refractivity contribution < 1.29 is 120 Å². The van der Waals surface area contributed by atoms with Gasteiger partial charge >= 0.3 is 0 Å². The van der Waals surface area contributed by atoms with E-state index in [-0.39, 0.29) is 34.0 Å². The number of allylic oxidation sites excluding steroid dienone is 2. The summed E-state index contributed by atoms with van der Waals surface area (Å²) in [5, 5.41) is 174. The Labute approximate surface area is 454 Å². The molecule has 24 nitrogen and oxygen atoms in total. The van der Waals surface area contributed by atoms with Crippen LogP contribution in [0.1, 0.15) is 99.8 Å². The van der Waals surface area contributed by atoms with Gasteiger partial charge in [0, 0.05) is 0 Å². The SMILES string of the molecule is CC1(C)CC(OC2OC(CO)C(O)C(O)C2O)C2(CO)C(O)CC3(C)C(=CCC4C5(C)CCC(OC6OC(CO)C(O)C(O)C6OC6OC(CO)C(O)C(O)C6OC6OC(CO)C(O)C(O)C6O)C(C)(C)C5CCC43C)C2C1. The van der Waals surface area contributed by atoms with Crippen LogP contribution in [0.3, 0.4) is 0 Å². The number of aliphatic hydroxyl groups is 16. The minimum atomic E-state index is -1.95. The summed E-state index contributed by atoms with van der Waals surface area (Å²) in [5.41, 5.74) is -2.35. The van der Waals surface area contributed by atoms with E-state index < -0.39 is 190 Å². The Balaban J connectivity index is 0.974. The van der Waals surface area contributed by atoms with Crippen LogP contribution in [0.5, 0.6) is 0 Å². The molecule has 5 aliphatic carbocycles. The molecule has 9 aliphatic rings. The fourth-order valence-electron chi connectivity index (χ4n) is 16.9. The summed E-state index contributed by atoms with van der Waals surface area (Å²) < 4.78 is 49.1. The molecule has 0 amide bonds. The van der Waals surface area contributed by atoms with Crippen LogP contribution in [0.4, 0.5) is 0 Å². The quantitative estimate of drug-likeness (QED) is 0.0625. The van der Waals surface area contributed by atoms with Gasteiger partial charge in [0.1, 0.15) is 97.7 Å². The van der Waals surface area contributed by atoms with Gasteiger partial charge in [0.15, 0.2) is 25.2 Å². The molecule has 30 atom stereocenters. The molecule has 24 heteroatoms. The van der Waals surface area contributed by atoms with Gasteiger partial charge in [-0.25, -0.2) is 0 Å². The number of hydrogen-bond donors (Lipinski definition) is 16. The van der Waals surface area contributed by atoms with Crippen molar-refractivity contribution >= 4 is 0 Å². The predicted octanol–water partition coefficient (Wildman–Crippen LogP) is -3.62. The highest BCUT2D eigenvalue weighted by molar-refractivity contribution is 5.36. The zero-order valence-electron chi connectivity index (χ0n) is 45.7. The predicted molar refractivity (Wildman–Crippen MR) is 265 cm³/mol. The standard InChI is InChI=1S/C54H90O24/c1-49(2)14-23-22-8-9-29-51(5)12-11-31(50(3,4)28(51)10-13-52(29,6)53(22,7)15-30(60)54(23,21-59)32(16-49)76-45-41(69)37(65)33(61)24(17-55)71-45)75-47-43(39(67)35(63)26(19-57)73-47)78-48-44(40(68)36(64)27(20-58)74-48)77-46-42(70)38(66)34(62)25(18-56)72-46/h8,23-48,55-70H,9-21H2,1-7H3. The highest BCUT2D eigenvalue weighted by Gasteiger charge is 2.72. The molecule has 9 rings (SSSR count). The summed E-state index contributed by atoms with van der Waals surface area (Å²) in [5.74, 6) is -0.257. The van der Waals surface area contributed by atoms with Gasteiger partial charge in [-0.3, -0.25) is 0 Å². The lowest BCUT2D eigenvalue weighted by Gasteiger charge is -2.72. The first-order valence-corrected chi connectivity index (χ1v) is 28.0. The van der Waals surface area contributed by atoms with E-state index in [4.69, 9.17) is 37.9 Å². The number of fused-ring (bicyclic) bond motifs is 7. The Bertz CT molecular complexity index is 2100. The maximum atomic E-state index is 12.8. The topological polar surface area (TPSA) is 398 Å². The third-order valence-corrected chi connectivity index (χ3v) is 21.6. The van der Waals surface area contributed by atoms with Crippen molar-refractivity contribution in [3.63, 3.8) is 0 Å². The Kier molecular flexibility index (Phi) is 17.6. The number of aliphatic hydroxyl groups excluding tert-OH is 16. The molecule has 4 heterocycles. The van der Waals surface area contributed by atoms with Gasteiger partial charge in [-0.1, -0.05) is 60.1 Å². The van der Waals surface area contributed by atoms with Crippen LogP contribution < -0.4 is 0 Å². The second-order valence-electron chi connectivity index (χ2n) is 26.5. The molecular weight excluding hydrogens is 1030 g/mol. The first-order chi connectivity index (χ1) is 36.5. The molecule has 8 fully saturated rings. The van der Waals surface area contributed by atoms with E-state index in [1.807, 2.05) is 0 Å². The summed E-state index contributed by atoms with van der Waals surface area (Å²) >= 11 is 0. The summed E-state index contributed by atoms with van der Waals surface area (Å²) in [6.07, 6.45) is -29.1. The smallest absolute Gasteiger partial charge is 0.187 e. The molecular formula is C54H90O24. The van der Waals surface area contributed by atoms with E-state index >= 15 is 0 Å².